The molecule has 0 aliphatic carbocycles. The van der Waals surface area contributed by atoms with Crippen LogP contribution in [0.5, 0.6) is 0 Å². The fourth-order valence-corrected chi connectivity index (χ4v) is 0.941. The molecule has 0 fully saturated rings. The Balaban J connectivity index is 3.79. The van der Waals surface area contributed by atoms with Crippen molar-refractivity contribution < 1.29 is 9.59 Å². The number of Topliss-reactive ketones (excluding diaryl/α,β-unsaturated/α-hetero) is 1. The zero-order valence-corrected chi connectivity index (χ0v) is 7.88. The third kappa shape index (κ3) is 4.35. The van der Waals surface area contributed by atoms with Crippen LogP contribution in [0.2, 0.25) is 0 Å². The Kier molecular flexibility index (Phi) is 4.92. The Morgan fingerprint density at radius 2 is 2.00 bits per heavy atom. The molecule has 0 heterocycles. The predicted octanol–water partition coefficient (Wildman–Crippen LogP) is -0.533. The van der Waals surface area contributed by atoms with Gasteiger partial charge >= 0.3 is 0 Å². The SMILES string of the molecule is CC(S)C(=O)[C@H](N)CCC(N)=O. The van der Waals surface area contributed by atoms with E-state index in [1.165, 1.54) is 0 Å². The Hall–Kier alpha value is -0.550. The van der Waals surface area contributed by atoms with Gasteiger partial charge < -0.3 is 11.5 Å². The minimum Gasteiger partial charge on any atom is -0.370 e. The summed E-state index contributed by atoms with van der Waals surface area (Å²) in [6.07, 6.45) is 0.451. The summed E-state index contributed by atoms with van der Waals surface area (Å²) >= 11 is 3.93. The van der Waals surface area contributed by atoms with E-state index in [1.807, 2.05) is 0 Å². The zero-order chi connectivity index (χ0) is 9.72. The highest BCUT2D eigenvalue weighted by molar-refractivity contribution is 7.81. The van der Waals surface area contributed by atoms with Crippen LogP contribution in [0, 0.1) is 0 Å². The Morgan fingerprint density at radius 3 is 2.33 bits per heavy atom. The molecule has 5 heteroatoms. The van der Waals surface area contributed by atoms with Crippen LogP contribution >= 0.6 is 12.6 Å². The molecule has 0 aromatic heterocycles. The quantitative estimate of drug-likeness (QED) is 0.509. The number of carbonyl (C=O) groups excluding carboxylic acids is 2. The van der Waals surface area contributed by atoms with Crippen LogP contribution in [-0.2, 0) is 9.59 Å². The number of hydrogen-bond acceptors (Lipinski definition) is 4. The van der Waals surface area contributed by atoms with Crippen molar-refractivity contribution in [3.8, 4) is 0 Å². The van der Waals surface area contributed by atoms with Crippen LogP contribution in [0.15, 0.2) is 0 Å². The molecular weight excluding hydrogens is 176 g/mol. The molecule has 1 unspecified atom stereocenters. The molecule has 1 amide bonds. The van der Waals surface area contributed by atoms with Crippen molar-refractivity contribution in [1.82, 2.24) is 0 Å². The Bertz CT molecular complexity index is 182. The molecule has 0 spiro atoms. The van der Waals surface area contributed by atoms with Gasteiger partial charge in [-0.3, -0.25) is 9.59 Å². The molecule has 12 heavy (non-hydrogen) atoms. The number of ketones is 1. The van der Waals surface area contributed by atoms with E-state index in [-0.39, 0.29) is 17.5 Å². The summed E-state index contributed by atoms with van der Waals surface area (Å²) in [5.41, 5.74) is 10.4. The predicted molar refractivity (Wildman–Crippen MR) is 49.9 cm³/mol. The average molecular weight is 190 g/mol. The molecule has 0 saturated carbocycles. The van der Waals surface area contributed by atoms with Crippen molar-refractivity contribution in [3.63, 3.8) is 0 Å². The van der Waals surface area contributed by atoms with Crippen LogP contribution in [0.3, 0.4) is 0 Å². The summed E-state index contributed by atoms with van der Waals surface area (Å²) in [5.74, 6) is -0.593. The molecule has 0 aromatic carbocycles. The van der Waals surface area contributed by atoms with Crippen LogP contribution in [0.4, 0.5) is 0 Å². The molecule has 0 aromatic rings. The van der Waals surface area contributed by atoms with Crippen molar-refractivity contribution in [2.75, 3.05) is 0 Å². The largest absolute Gasteiger partial charge is 0.370 e. The Labute approximate surface area is 77.1 Å². The molecule has 0 aliphatic rings. The molecule has 0 radical (unpaired) electrons. The molecular formula is C7H14N2O2S. The van der Waals surface area contributed by atoms with Gasteiger partial charge in [-0.2, -0.15) is 12.6 Å². The van der Waals surface area contributed by atoms with Crippen LogP contribution in [0.1, 0.15) is 19.8 Å². The minimum atomic E-state index is -0.620. The molecule has 2 atom stereocenters. The first-order chi connectivity index (χ1) is 5.45. The van der Waals surface area contributed by atoms with E-state index in [0.29, 0.717) is 6.42 Å². The molecule has 70 valence electrons. The normalized spacial score (nSPS) is 15.2. The van der Waals surface area contributed by atoms with Gasteiger partial charge in [-0.25, -0.2) is 0 Å². The number of amides is 1. The van der Waals surface area contributed by atoms with Gasteiger partial charge in [0, 0.05) is 6.42 Å². The zero-order valence-electron chi connectivity index (χ0n) is 6.99. The molecule has 0 rings (SSSR count). The van der Waals surface area contributed by atoms with E-state index >= 15 is 0 Å². The second-order valence-electron chi connectivity index (χ2n) is 2.69. The average Bonchev–Trinajstić information content (AvgIpc) is 1.98. The number of thiol groups is 1. The monoisotopic (exact) mass is 190 g/mol. The van der Waals surface area contributed by atoms with Crippen molar-refractivity contribution >= 4 is 24.3 Å². The van der Waals surface area contributed by atoms with Crippen molar-refractivity contribution in [2.24, 2.45) is 11.5 Å². The fourth-order valence-electron chi connectivity index (χ4n) is 0.750. The van der Waals surface area contributed by atoms with Gasteiger partial charge in [0.25, 0.3) is 0 Å². The van der Waals surface area contributed by atoms with Crippen LogP contribution < -0.4 is 11.5 Å². The van der Waals surface area contributed by atoms with Crippen LogP contribution in [-0.4, -0.2) is 23.0 Å². The van der Waals surface area contributed by atoms with Crippen LogP contribution in [0.25, 0.3) is 0 Å². The van der Waals surface area contributed by atoms with Crippen molar-refractivity contribution in [1.29, 1.82) is 0 Å². The first-order valence-corrected chi connectivity index (χ1v) is 4.22. The lowest BCUT2D eigenvalue weighted by Gasteiger charge is -2.10. The summed E-state index contributed by atoms with van der Waals surface area (Å²) in [7, 11) is 0. The number of rotatable bonds is 5. The summed E-state index contributed by atoms with van der Waals surface area (Å²) < 4.78 is 0. The third-order valence-corrected chi connectivity index (χ3v) is 1.73. The first-order valence-electron chi connectivity index (χ1n) is 3.70. The standard InChI is InChI=1S/C7H14N2O2S/c1-4(12)7(11)5(8)2-3-6(9)10/h4-5,12H,2-3,8H2,1H3,(H2,9,10)/t4?,5-/m1/s1. The lowest BCUT2D eigenvalue weighted by molar-refractivity contribution is -0.120. The van der Waals surface area contributed by atoms with Gasteiger partial charge in [0.1, 0.15) is 0 Å². The van der Waals surface area contributed by atoms with Gasteiger partial charge in [-0.1, -0.05) is 0 Å². The van der Waals surface area contributed by atoms with Crippen molar-refractivity contribution in [2.45, 2.75) is 31.1 Å². The van der Waals surface area contributed by atoms with E-state index in [0.717, 1.165) is 0 Å². The number of carbonyl (C=O) groups is 2. The topological polar surface area (TPSA) is 86.2 Å². The maximum atomic E-state index is 11.1. The molecule has 4 N–H and O–H groups in total. The highest BCUT2D eigenvalue weighted by Gasteiger charge is 2.17. The molecule has 4 nitrogen and oxygen atoms in total. The molecule has 0 bridgehead atoms. The second-order valence-corrected chi connectivity index (χ2v) is 3.46. The van der Waals surface area contributed by atoms with Gasteiger partial charge in [-0.05, 0) is 13.3 Å². The first kappa shape index (κ1) is 11.4. The number of nitrogens with two attached hydrogens (primary N) is 2. The van der Waals surface area contributed by atoms with E-state index < -0.39 is 11.9 Å². The summed E-state index contributed by atoms with van der Waals surface area (Å²) in [5, 5.41) is -0.382. The summed E-state index contributed by atoms with van der Waals surface area (Å²) in [6, 6.07) is -0.620. The maximum absolute atomic E-state index is 11.1. The second kappa shape index (κ2) is 5.16. The maximum Gasteiger partial charge on any atom is 0.217 e. The lowest BCUT2D eigenvalue weighted by Crippen LogP contribution is -2.36. The number of primary amides is 1. The molecule has 0 saturated heterocycles. The van der Waals surface area contributed by atoms with Gasteiger partial charge in [0.2, 0.25) is 5.91 Å². The summed E-state index contributed by atoms with van der Waals surface area (Å²) in [6.45, 7) is 1.65. The Morgan fingerprint density at radius 1 is 1.50 bits per heavy atom. The molecule has 0 aliphatic heterocycles. The van der Waals surface area contributed by atoms with E-state index in [9.17, 15) is 9.59 Å². The third-order valence-electron chi connectivity index (χ3n) is 1.48. The number of hydrogen-bond donors (Lipinski definition) is 3. The van der Waals surface area contributed by atoms with Gasteiger partial charge in [0.15, 0.2) is 5.78 Å². The highest BCUT2D eigenvalue weighted by atomic mass is 32.1. The van der Waals surface area contributed by atoms with Gasteiger partial charge in [-0.15, -0.1) is 0 Å². The van der Waals surface area contributed by atoms with E-state index in [4.69, 9.17) is 11.5 Å². The summed E-state index contributed by atoms with van der Waals surface area (Å²) in [4.78, 5) is 21.4. The fraction of sp³-hybridized carbons (Fsp3) is 0.714. The van der Waals surface area contributed by atoms with E-state index in [2.05, 4.69) is 12.6 Å². The minimum absolute atomic E-state index is 0.146. The highest BCUT2D eigenvalue weighted by Crippen LogP contribution is 2.02. The lowest BCUT2D eigenvalue weighted by atomic mass is 10.1. The van der Waals surface area contributed by atoms with E-state index in [1.54, 1.807) is 6.92 Å². The van der Waals surface area contributed by atoms with Gasteiger partial charge in [0.05, 0.1) is 11.3 Å². The van der Waals surface area contributed by atoms with Crippen molar-refractivity contribution in [3.05, 3.63) is 0 Å². The smallest absolute Gasteiger partial charge is 0.217 e.